The van der Waals surface area contributed by atoms with Crippen LogP contribution in [-0.2, 0) is 19.2 Å². The van der Waals surface area contributed by atoms with E-state index in [4.69, 9.17) is 0 Å². The van der Waals surface area contributed by atoms with E-state index in [1.807, 2.05) is 0 Å². The fourth-order valence-corrected chi connectivity index (χ4v) is 4.32. The number of hydrogen-bond donors (Lipinski definition) is 4. The molecule has 0 aliphatic rings. The summed E-state index contributed by atoms with van der Waals surface area (Å²) in [5.41, 5.74) is 0.456. The standard InChI is InChI=1S/C23H28N2O6S2/c1-5-9-11-13-17(8-4)21(27)25-19(23(30)31)15-33-32-14-18(22(28)29)24-20(26)16(7-3)12-10-6-2/h5-13,18-19H,1-2,4,14-15H2,3H3,(H,24,26)(H,25,27)(H,28,29)(H,30,31)/b11-9-,12-10-,16-7+,17-13+. The molecular weight excluding hydrogens is 464 g/mol. The SMILES string of the molecule is C=C/C=C\C=C(/C=C)C(=O)NC(CSSCC(NC(=O)C(/C=C\C=C)=C/C)C(=O)O)C(=O)O. The zero-order valence-corrected chi connectivity index (χ0v) is 19.9. The lowest BCUT2D eigenvalue weighted by atomic mass is 10.2. The normalized spacial score (nSPS) is 13.8. The van der Waals surface area contributed by atoms with Crippen LogP contribution in [-0.4, -0.2) is 57.6 Å². The van der Waals surface area contributed by atoms with Crippen LogP contribution in [0.15, 0.2) is 85.6 Å². The summed E-state index contributed by atoms with van der Waals surface area (Å²) >= 11 is 0. The van der Waals surface area contributed by atoms with Crippen LogP contribution >= 0.6 is 21.6 Å². The summed E-state index contributed by atoms with van der Waals surface area (Å²) in [6, 6.07) is -2.40. The van der Waals surface area contributed by atoms with Gasteiger partial charge in [0.25, 0.3) is 11.8 Å². The Bertz CT molecular complexity index is 874. The smallest absolute Gasteiger partial charge is 0.327 e. The third-order valence-electron chi connectivity index (χ3n) is 3.75. The van der Waals surface area contributed by atoms with Gasteiger partial charge in [-0.25, -0.2) is 9.59 Å². The predicted molar refractivity (Wildman–Crippen MR) is 135 cm³/mol. The van der Waals surface area contributed by atoms with E-state index in [2.05, 4.69) is 30.4 Å². The average molecular weight is 493 g/mol. The molecule has 0 aromatic rings. The second kappa shape index (κ2) is 17.3. The average Bonchev–Trinajstić information content (AvgIpc) is 2.77. The molecular formula is C23H28N2O6S2. The molecule has 8 nitrogen and oxygen atoms in total. The molecule has 0 fully saturated rings. The van der Waals surface area contributed by atoms with Crippen LogP contribution in [0.4, 0.5) is 0 Å². The van der Waals surface area contributed by atoms with Crippen molar-refractivity contribution in [3.05, 3.63) is 85.6 Å². The first-order chi connectivity index (χ1) is 15.7. The molecule has 0 heterocycles. The molecule has 0 aromatic carbocycles. The maximum Gasteiger partial charge on any atom is 0.327 e. The van der Waals surface area contributed by atoms with Gasteiger partial charge in [0, 0.05) is 22.7 Å². The van der Waals surface area contributed by atoms with Crippen molar-refractivity contribution in [2.24, 2.45) is 0 Å². The second-order valence-corrected chi connectivity index (χ2v) is 8.64. The van der Waals surface area contributed by atoms with E-state index in [9.17, 15) is 29.4 Å². The van der Waals surface area contributed by atoms with Crippen LogP contribution in [0.3, 0.4) is 0 Å². The maximum absolute atomic E-state index is 12.3. The molecule has 0 saturated carbocycles. The molecule has 4 N–H and O–H groups in total. The van der Waals surface area contributed by atoms with Gasteiger partial charge >= 0.3 is 11.9 Å². The number of carbonyl (C=O) groups excluding carboxylic acids is 2. The molecule has 2 unspecified atom stereocenters. The van der Waals surface area contributed by atoms with Crippen molar-refractivity contribution in [3.8, 4) is 0 Å². The third-order valence-corrected chi connectivity index (χ3v) is 6.17. The van der Waals surface area contributed by atoms with Crippen LogP contribution in [0.2, 0.25) is 0 Å². The summed E-state index contributed by atoms with van der Waals surface area (Å²) < 4.78 is 0. The van der Waals surface area contributed by atoms with Crippen LogP contribution in [0.1, 0.15) is 6.92 Å². The Morgan fingerprint density at radius 1 is 0.818 bits per heavy atom. The highest BCUT2D eigenvalue weighted by Gasteiger charge is 2.24. The van der Waals surface area contributed by atoms with E-state index in [1.165, 1.54) is 36.5 Å². The molecule has 0 bridgehead atoms. The molecule has 0 aromatic heterocycles. The number of amides is 2. The van der Waals surface area contributed by atoms with Gasteiger partial charge in [-0.15, -0.1) is 0 Å². The topological polar surface area (TPSA) is 133 Å². The molecule has 10 heteroatoms. The maximum atomic E-state index is 12.3. The largest absolute Gasteiger partial charge is 0.480 e. The monoisotopic (exact) mass is 492 g/mol. The first kappa shape index (κ1) is 29.8. The molecule has 0 spiro atoms. The van der Waals surface area contributed by atoms with Gasteiger partial charge in [-0.3, -0.25) is 9.59 Å². The van der Waals surface area contributed by atoms with Gasteiger partial charge in [0.15, 0.2) is 0 Å². The van der Waals surface area contributed by atoms with Gasteiger partial charge in [-0.1, -0.05) is 83.9 Å². The summed E-state index contributed by atoms with van der Waals surface area (Å²) in [4.78, 5) is 47.5. The van der Waals surface area contributed by atoms with Gasteiger partial charge < -0.3 is 20.8 Å². The van der Waals surface area contributed by atoms with Crippen LogP contribution in [0.25, 0.3) is 0 Å². The number of allylic oxidation sites excluding steroid dienone is 7. The quantitative estimate of drug-likeness (QED) is 0.112. The first-order valence-electron chi connectivity index (χ1n) is 9.60. The van der Waals surface area contributed by atoms with Crippen LogP contribution in [0, 0.1) is 0 Å². The van der Waals surface area contributed by atoms with E-state index in [0.717, 1.165) is 21.6 Å². The highest BCUT2D eigenvalue weighted by Crippen LogP contribution is 2.23. The number of nitrogens with one attached hydrogen (secondary N) is 2. The lowest BCUT2D eigenvalue weighted by Crippen LogP contribution is -2.43. The Morgan fingerprint density at radius 3 is 1.70 bits per heavy atom. The Kier molecular flexibility index (Phi) is 15.6. The van der Waals surface area contributed by atoms with E-state index < -0.39 is 35.8 Å². The number of rotatable bonds is 16. The fraction of sp³-hybridized carbons (Fsp3) is 0.217. The van der Waals surface area contributed by atoms with Crippen molar-refractivity contribution in [3.63, 3.8) is 0 Å². The van der Waals surface area contributed by atoms with Crippen molar-refractivity contribution in [1.82, 2.24) is 10.6 Å². The van der Waals surface area contributed by atoms with Crippen LogP contribution in [0.5, 0.6) is 0 Å². The summed E-state index contributed by atoms with van der Waals surface area (Å²) in [5, 5.41) is 23.6. The van der Waals surface area contributed by atoms with E-state index >= 15 is 0 Å². The zero-order valence-electron chi connectivity index (χ0n) is 18.2. The summed E-state index contributed by atoms with van der Waals surface area (Å²) in [6.45, 7) is 12.2. The number of hydrogen-bond acceptors (Lipinski definition) is 6. The van der Waals surface area contributed by atoms with Gasteiger partial charge in [-0.2, -0.15) is 0 Å². The molecule has 0 aliphatic heterocycles. The molecule has 178 valence electrons. The minimum atomic E-state index is -1.24. The Hall–Kier alpha value is -3.24. The highest BCUT2D eigenvalue weighted by molar-refractivity contribution is 8.76. The van der Waals surface area contributed by atoms with E-state index in [1.54, 1.807) is 25.2 Å². The second-order valence-electron chi connectivity index (χ2n) is 6.08. The van der Waals surface area contributed by atoms with Crippen LogP contribution < -0.4 is 10.6 Å². The molecule has 0 aliphatic carbocycles. The summed E-state index contributed by atoms with van der Waals surface area (Å²) in [7, 11) is 2.13. The predicted octanol–water partition coefficient (Wildman–Crippen LogP) is 3.05. The lowest BCUT2D eigenvalue weighted by molar-refractivity contribution is -0.141. The molecule has 0 radical (unpaired) electrons. The van der Waals surface area contributed by atoms with E-state index in [0.29, 0.717) is 0 Å². The Labute approximate surface area is 201 Å². The van der Waals surface area contributed by atoms with Crippen molar-refractivity contribution in [1.29, 1.82) is 0 Å². The molecule has 0 rings (SSSR count). The first-order valence-corrected chi connectivity index (χ1v) is 12.1. The van der Waals surface area contributed by atoms with Crippen molar-refractivity contribution >= 4 is 45.3 Å². The minimum Gasteiger partial charge on any atom is -0.480 e. The third kappa shape index (κ3) is 12.4. The lowest BCUT2D eigenvalue weighted by Gasteiger charge is -2.16. The minimum absolute atomic E-state index is 0.0155. The molecule has 0 saturated heterocycles. The summed E-state index contributed by atoms with van der Waals surface area (Å²) in [5.74, 6) is -3.68. The number of carboxylic acid groups (broad SMARTS) is 2. The number of aliphatic carboxylic acids is 2. The highest BCUT2D eigenvalue weighted by atomic mass is 33.1. The number of carbonyl (C=O) groups is 4. The molecule has 2 atom stereocenters. The zero-order chi connectivity index (χ0) is 25.2. The Morgan fingerprint density at radius 2 is 1.30 bits per heavy atom. The van der Waals surface area contributed by atoms with Gasteiger partial charge in [-0.05, 0) is 19.1 Å². The van der Waals surface area contributed by atoms with Gasteiger partial charge in [0.1, 0.15) is 12.1 Å². The Balaban J connectivity index is 4.92. The van der Waals surface area contributed by atoms with E-state index in [-0.39, 0.29) is 22.7 Å². The molecule has 33 heavy (non-hydrogen) atoms. The molecule has 2 amide bonds. The fourth-order valence-electron chi connectivity index (χ4n) is 2.01. The van der Waals surface area contributed by atoms with Crippen molar-refractivity contribution < 1.29 is 29.4 Å². The van der Waals surface area contributed by atoms with Gasteiger partial charge in [0.05, 0.1) is 0 Å². The van der Waals surface area contributed by atoms with Gasteiger partial charge in [0.2, 0.25) is 0 Å². The van der Waals surface area contributed by atoms with Crippen molar-refractivity contribution in [2.45, 2.75) is 19.0 Å². The number of carboxylic acids is 2. The van der Waals surface area contributed by atoms with Crippen molar-refractivity contribution in [2.75, 3.05) is 11.5 Å². The summed E-state index contributed by atoms with van der Waals surface area (Å²) in [6.07, 6.45) is 13.5.